The van der Waals surface area contributed by atoms with Gasteiger partial charge in [-0.25, -0.2) is 0 Å². The monoisotopic (exact) mass is 485 g/mol. The first-order chi connectivity index (χ1) is 10.4. The minimum absolute atomic E-state index is 0. The first kappa shape index (κ1) is 18.5. The topological polar surface area (TPSA) is 17.1 Å². The minimum Gasteiger partial charge on any atom is -0.545 e. The van der Waals surface area contributed by atoms with Crippen LogP contribution >= 0.6 is 7.92 Å². The number of hydrogen-bond donors (Lipinski definition) is 0. The first-order valence-corrected chi connectivity index (χ1v) is 8.22. The van der Waals surface area contributed by atoms with E-state index in [1.807, 2.05) is 0 Å². The molecule has 0 saturated carbocycles. The molecular weight excluding hydrogens is 467 g/mol. The Hall–Kier alpha value is -1.59. The second kappa shape index (κ2) is 10.2. The Morgan fingerprint density at radius 1 is 0.500 bits per heavy atom. The van der Waals surface area contributed by atoms with Crippen LogP contribution in [0.1, 0.15) is 0 Å². The summed E-state index contributed by atoms with van der Waals surface area (Å²) >= 11 is 0. The van der Waals surface area contributed by atoms with Crippen molar-refractivity contribution >= 4 is 30.6 Å². The molecule has 0 aliphatic heterocycles. The summed E-state index contributed by atoms with van der Waals surface area (Å²) < 4.78 is 0. The van der Waals surface area contributed by atoms with E-state index in [0.717, 1.165) is 0 Å². The largest absolute Gasteiger partial charge is 0.545 e. The van der Waals surface area contributed by atoms with Crippen LogP contribution in [0.25, 0.3) is 0 Å². The van der Waals surface area contributed by atoms with Crippen LogP contribution in [0.2, 0.25) is 0 Å². The molecule has 113 valence electrons. The van der Waals surface area contributed by atoms with Crippen LogP contribution in [0, 0.1) is 0 Å². The van der Waals surface area contributed by atoms with Crippen LogP contribution in [-0.2, 0) is 24.9 Å². The van der Waals surface area contributed by atoms with Gasteiger partial charge in [-0.15, -0.1) is 0 Å². The molecule has 3 aromatic rings. The number of benzene rings is 3. The Morgan fingerprint density at radius 3 is 0.955 bits per heavy atom. The standard InChI is InChI=1S/C18H15P.CHO.Ir/c1-4-10-16(11-5-1)19(17-12-6-2-7-13-17)18-14-8-3-9-15-18;1-2;/h1-15H;1H;/q;-1;/p+1. The summed E-state index contributed by atoms with van der Waals surface area (Å²) in [6.07, 6.45) is 0. The SMILES string of the molecule is [CH-]=O.[Ir].c1ccc([PH+](c2ccccc2)c2ccccc2)cc1. The van der Waals surface area contributed by atoms with Gasteiger partial charge < -0.3 is 4.79 Å². The number of hydrogen-bond acceptors (Lipinski definition) is 1. The van der Waals surface area contributed by atoms with Crippen molar-refractivity contribution < 1.29 is 24.9 Å². The molecule has 3 heteroatoms. The van der Waals surface area contributed by atoms with Crippen molar-refractivity contribution in [3.05, 3.63) is 91.0 Å². The molecule has 0 aliphatic rings. The summed E-state index contributed by atoms with van der Waals surface area (Å²) in [5.74, 6) is 0. The molecule has 1 radical (unpaired) electrons. The normalized spacial score (nSPS) is 9.32. The van der Waals surface area contributed by atoms with Crippen molar-refractivity contribution in [1.29, 1.82) is 0 Å². The van der Waals surface area contributed by atoms with E-state index in [-0.39, 0.29) is 20.1 Å². The first-order valence-electron chi connectivity index (χ1n) is 6.72. The predicted octanol–water partition coefficient (Wildman–Crippen LogP) is 2.90. The van der Waals surface area contributed by atoms with Crippen molar-refractivity contribution in [3.63, 3.8) is 0 Å². The van der Waals surface area contributed by atoms with Crippen molar-refractivity contribution in [2.24, 2.45) is 0 Å². The van der Waals surface area contributed by atoms with Gasteiger partial charge in [0.05, 0.1) is 7.92 Å². The van der Waals surface area contributed by atoms with Gasteiger partial charge in [-0.1, -0.05) is 54.6 Å². The summed E-state index contributed by atoms with van der Waals surface area (Å²) in [5.41, 5.74) is 0. The maximum absolute atomic E-state index is 7.75. The molecule has 0 saturated heterocycles. The van der Waals surface area contributed by atoms with E-state index in [4.69, 9.17) is 4.79 Å². The van der Waals surface area contributed by atoms with Gasteiger partial charge in [0.2, 0.25) is 0 Å². The minimum atomic E-state index is -0.877. The number of rotatable bonds is 3. The molecule has 0 aromatic heterocycles. The molecule has 3 rings (SSSR count). The van der Waals surface area contributed by atoms with Gasteiger partial charge >= 0.3 is 0 Å². The molecule has 0 N–H and O–H groups in total. The molecule has 0 unspecified atom stereocenters. The second-order valence-corrected chi connectivity index (χ2v) is 6.96. The summed E-state index contributed by atoms with van der Waals surface area (Å²) in [5, 5.41) is 4.31. The zero-order valence-corrected chi connectivity index (χ0v) is 15.4. The van der Waals surface area contributed by atoms with Gasteiger partial charge in [-0.2, -0.15) is 0 Å². The van der Waals surface area contributed by atoms with E-state index in [2.05, 4.69) is 97.8 Å². The third-order valence-electron chi connectivity index (χ3n) is 3.19. The summed E-state index contributed by atoms with van der Waals surface area (Å²) in [6.45, 7) is 3.25. The molecule has 0 atom stereocenters. The molecule has 0 spiro atoms. The van der Waals surface area contributed by atoms with Gasteiger partial charge in [-0.3, -0.25) is 6.79 Å². The van der Waals surface area contributed by atoms with Gasteiger partial charge in [0, 0.05) is 20.1 Å². The van der Waals surface area contributed by atoms with Crippen LogP contribution in [0.3, 0.4) is 0 Å². The molecule has 0 aliphatic carbocycles. The van der Waals surface area contributed by atoms with Gasteiger partial charge in [0.15, 0.2) is 0 Å². The fraction of sp³-hybridized carbons (Fsp3) is 0. The Balaban J connectivity index is 0.000000775. The van der Waals surface area contributed by atoms with Crippen molar-refractivity contribution in [1.82, 2.24) is 0 Å². The maximum Gasteiger partial charge on any atom is 0.102 e. The smallest absolute Gasteiger partial charge is 0.102 e. The second-order valence-electron chi connectivity index (χ2n) is 4.47. The van der Waals surface area contributed by atoms with E-state index < -0.39 is 7.92 Å². The van der Waals surface area contributed by atoms with E-state index >= 15 is 0 Å². The zero-order chi connectivity index (χ0) is 14.9. The predicted molar refractivity (Wildman–Crippen MR) is 93.3 cm³/mol. The van der Waals surface area contributed by atoms with Crippen LogP contribution in [-0.4, -0.2) is 6.79 Å². The van der Waals surface area contributed by atoms with E-state index in [1.165, 1.54) is 15.9 Å². The van der Waals surface area contributed by atoms with Crippen LogP contribution in [0.4, 0.5) is 0 Å². The van der Waals surface area contributed by atoms with Crippen LogP contribution in [0.5, 0.6) is 0 Å². The quantitative estimate of drug-likeness (QED) is 0.318. The Morgan fingerprint density at radius 2 is 0.727 bits per heavy atom. The molecule has 3 aromatic carbocycles. The molecule has 1 nitrogen and oxygen atoms in total. The van der Waals surface area contributed by atoms with Crippen LogP contribution in [0.15, 0.2) is 91.0 Å². The molecule has 0 bridgehead atoms. The molecule has 22 heavy (non-hydrogen) atoms. The third kappa shape index (κ3) is 4.71. The molecule has 0 heterocycles. The Bertz CT molecular complexity index is 550. The van der Waals surface area contributed by atoms with Gasteiger partial charge in [-0.05, 0) is 36.4 Å². The zero-order valence-electron chi connectivity index (χ0n) is 12.0. The van der Waals surface area contributed by atoms with Gasteiger partial charge in [0.1, 0.15) is 15.9 Å². The van der Waals surface area contributed by atoms with Crippen molar-refractivity contribution in [2.45, 2.75) is 0 Å². The summed E-state index contributed by atoms with van der Waals surface area (Å²) in [4.78, 5) is 7.75. The molecule has 0 amide bonds. The fourth-order valence-corrected chi connectivity index (χ4v) is 4.89. The van der Waals surface area contributed by atoms with Gasteiger partial charge in [0.25, 0.3) is 0 Å². The molecular formula is C19H17IrOP. The van der Waals surface area contributed by atoms with Crippen LogP contribution < -0.4 is 15.9 Å². The average Bonchev–Trinajstić information content (AvgIpc) is 2.60. The fourth-order valence-electron chi connectivity index (χ4n) is 2.31. The molecule has 0 fully saturated rings. The van der Waals surface area contributed by atoms with E-state index in [1.54, 1.807) is 0 Å². The van der Waals surface area contributed by atoms with E-state index in [9.17, 15) is 0 Å². The van der Waals surface area contributed by atoms with Crippen molar-refractivity contribution in [2.75, 3.05) is 0 Å². The summed E-state index contributed by atoms with van der Waals surface area (Å²) in [7, 11) is -0.877. The Labute approximate surface area is 146 Å². The average molecular weight is 485 g/mol. The number of carbonyl (C=O) groups excluding carboxylic acids is 1. The summed E-state index contributed by atoms with van der Waals surface area (Å²) in [6, 6.07) is 32.5. The van der Waals surface area contributed by atoms with E-state index in [0.29, 0.717) is 0 Å². The Kier molecular flexibility index (Phi) is 8.55. The van der Waals surface area contributed by atoms with Crippen molar-refractivity contribution in [3.8, 4) is 0 Å². The maximum atomic E-state index is 7.75. The third-order valence-corrected chi connectivity index (χ3v) is 5.92.